The summed E-state index contributed by atoms with van der Waals surface area (Å²) in [7, 11) is 1.88. The smallest absolute Gasteiger partial charge is 0.234 e. The second-order valence-electron chi connectivity index (χ2n) is 2.52. The first-order chi connectivity index (χ1) is 6.27. The van der Waals surface area contributed by atoms with Crippen LogP contribution in [0.4, 0.5) is 5.82 Å². The van der Waals surface area contributed by atoms with Crippen molar-refractivity contribution in [2.75, 3.05) is 18.5 Å². The molecule has 0 saturated heterocycles. The fraction of sp³-hybridized carbons (Fsp3) is 0.222. The Morgan fingerprint density at radius 3 is 3.15 bits per heavy atom. The molecule has 13 heavy (non-hydrogen) atoms. The molecule has 4 heteroatoms. The number of aromatic nitrogens is 2. The lowest BCUT2D eigenvalue weighted by Crippen LogP contribution is -2.18. The van der Waals surface area contributed by atoms with Crippen molar-refractivity contribution in [2.45, 2.75) is 0 Å². The molecular formula is C9H10N4. The van der Waals surface area contributed by atoms with Crippen LogP contribution in [0.3, 0.4) is 0 Å². The number of hydrogen-bond donors (Lipinski definition) is 0. The van der Waals surface area contributed by atoms with E-state index in [1.807, 2.05) is 18.0 Å². The van der Waals surface area contributed by atoms with Gasteiger partial charge in [0.25, 0.3) is 0 Å². The third-order valence-electron chi connectivity index (χ3n) is 1.53. The van der Waals surface area contributed by atoms with Crippen LogP contribution in [0.15, 0.2) is 24.9 Å². The Bertz CT molecular complexity index is 340. The van der Waals surface area contributed by atoms with Crippen LogP contribution in [0.25, 0.3) is 0 Å². The standard InChI is InChI=1S/C9H10N4/c1-3-6-13(2)9-4-5-11-8(7-10)12-9/h3-5H,1,6H2,2H3. The number of anilines is 1. The van der Waals surface area contributed by atoms with Gasteiger partial charge in [0.1, 0.15) is 11.9 Å². The molecule has 0 aliphatic rings. The Kier molecular flexibility index (Phi) is 2.98. The van der Waals surface area contributed by atoms with E-state index in [1.54, 1.807) is 18.3 Å². The van der Waals surface area contributed by atoms with Crippen molar-refractivity contribution in [3.8, 4) is 6.07 Å². The summed E-state index contributed by atoms with van der Waals surface area (Å²) in [4.78, 5) is 9.68. The van der Waals surface area contributed by atoms with E-state index in [0.29, 0.717) is 6.54 Å². The minimum atomic E-state index is 0.188. The predicted octanol–water partition coefficient (Wildman–Crippen LogP) is 0.970. The molecule has 4 nitrogen and oxygen atoms in total. The summed E-state index contributed by atoms with van der Waals surface area (Å²) in [6.45, 7) is 4.31. The molecule has 0 spiro atoms. The van der Waals surface area contributed by atoms with Crippen molar-refractivity contribution in [2.24, 2.45) is 0 Å². The van der Waals surface area contributed by atoms with Crippen molar-refractivity contribution in [1.29, 1.82) is 5.26 Å². The Balaban J connectivity index is 2.89. The van der Waals surface area contributed by atoms with Gasteiger partial charge in [-0.2, -0.15) is 5.26 Å². The van der Waals surface area contributed by atoms with Crippen molar-refractivity contribution >= 4 is 5.82 Å². The van der Waals surface area contributed by atoms with E-state index in [9.17, 15) is 0 Å². The first kappa shape index (κ1) is 9.20. The molecule has 0 atom stereocenters. The van der Waals surface area contributed by atoms with Gasteiger partial charge in [0.2, 0.25) is 5.82 Å². The first-order valence-corrected chi connectivity index (χ1v) is 3.83. The zero-order chi connectivity index (χ0) is 9.68. The lowest BCUT2D eigenvalue weighted by atomic mass is 10.4. The number of likely N-dealkylation sites (N-methyl/N-ethyl adjacent to an activating group) is 1. The van der Waals surface area contributed by atoms with E-state index >= 15 is 0 Å². The highest BCUT2D eigenvalue weighted by Gasteiger charge is 2.01. The van der Waals surface area contributed by atoms with Crippen LogP contribution in [-0.2, 0) is 0 Å². The van der Waals surface area contributed by atoms with E-state index in [4.69, 9.17) is 5.26 Å². The molecule has 0 fully saturated rings. The molecule has 0 aliphatic carbocycles. The minimum absolute atomic E-state index is 0.188. The van der Waals surface area contributed by atoms with Gasteiger partial charge in [0, 0.05) is 19.8 Å². The summed E-state index contributed by atoms with van der Waals surface area (Å²) in [5.74, 6) is 0.917. The zero-order valence-corrected chi connectivity index (χ0v) is 7.44. The van der Waals surface area contributed by atoms with Crippen molar-refractivity contribution in [1.82, 2.24) is 9.97 Å². The SMILES string of the molecule is C=CCN(C)c1ccnc(C#N)n1. The van der Waals surface area contributed by atoms with Crippen LogP contribution in [-0.4, -0.2) is 23.6 Å². The summed E-state index contributed by atoms with van der Waals surface area (Å²) in [5, 5.41) is 8.56. The monoisotopic (exact) mass is 174 g/mol. The van der Waals surface area contributed by atoms with Crippen LogP contribution < -0.4 is 4.90 Å². The van der Waals surface area contributed by atoms with Crippen LogP contribution >= 0.6 is 0 Å². The first-order valence-electron chi connectivity index (χ1n) is 3.83. The Morgan fingerprint density at radius 1 is 1.77 bits per heavy atom. The molecular weight excluding hydrogens is 164 g/mol. The highest BCUT2D eigenvalue weighted by Crippen LogP contribution is 2.06. The van der Waals surface area contributed by atoms with Gasteiger partial charge in [-0.1, -0.05) is 6.08 Å². The van der Waals surface area contributed by atoms with Gasteiger partial charge >= 0.3 is 0 Å². The molecule has 0 amide bonds. The summed E-state index contributed by atoms with van der Waals surface area (Å²) in [6.07, 6.45) is 3.34. The maximum Gasteiger partial charge on any atom is 0.234 e. The molecule has 1 rings (SSSR count). The van der Waals surface area contributed by atoms with Gasteiger partial charge in [-0.25, -0.2) is 9.97 Å². The van der Waals surface area contributed by atoms with Crippen molar-refractivity contribution < 1.29 is 0 Å². The summed E-state index contributed by atoms with van der Waals surface area (Å²) in [5.41, 5.74) is 0. The van der Waals surface area contributed by atoms with E-state index < -0.39 is 0 Å². The van der Waals surface area contributed by atoms with Gasteiger partial charge in [0.05, 0.1) is 0 Å². The zero-order valence-electron chi connectivity index (χ0n) is 7.44. The third kappa shape index (κ3) is 2.27. The summed E-state index contributed by atoms with van der Waals surface area (Å²) < 4.78 is 0. The maximum absolute atomic E-state index is 8.56. The van der Waals surface area contributed by atoms with Gasteiger partial charge in [0.15, 0.2) is 0 Å². The fourth-order valence-corrected chi connectivity index (χ4v) is 0.903. The molecule has 1 aromatic rings. The number of hydrogen-bond acceptors (Lipinski definition) is 4. The van der Waals surface area contributed by atoms with Gasteiger partial charge in [-0.3, -0.25) is 0 Å². The summed E-state index contributed by atoms with van der Waals surface area (Å²) in [6, 6.07) is 3.64. The van der Waals surface area contributed by atoms with E-state index in [1.165, 1.54) is 0 Å². The highest BCUT2D eigenvalue weighted by atomic mass is 15.2. The molecule has 0 aromatic carbocycles. The van der Waals surface area contributed by atoms with E-state index in [0.717, 1.165) is 5.82 Å². The van der Waals surface area contributed by atoms with Crippen molar-refractivity contribution in [3.05, 3.63) is 30.7 Å². The third-order valence-corrected chi connectivity index (χ3v) is 1.53. The summed E-state index contributed by atoms with van der Waals surface area (Å²) >= 11 is 0. The average molecular weight is 174 g/mol. The molecule has 66 valence electrons. The normalized spacial score (nSPS) is 8.92. The number of rotatable bonds is 3. The van der Waals surface area contributed by atoms with Crippen LogP contribution in [0, 0.1) is 11.3 Å². The quantitative estimate of drug-likeness (QED) is 0.641. The van der Waals surface area contributed by atoms with Gasteiger partial charge < -0.3 is 4.90 Å². The maximum atomic E-state index is 8.56. The molecule has 0 saturated carbocycles. The topological polar surface area (TPSA) is 52.8 Å². The Morgan fingerprint density at radius 2 is 2.54 bits per heavy atom. The second kappa shape index (κ2) is 4.21. The molecule has 0 N–H and O–H groups in total. The number of nitriles is 1. The second-order valence-corrected chi connectivity index (χ2v) is 2.52. The fourth-order valence-electron chi connectivity index (χ4n) is 0.903. The van der Waals surface area contributed by atoms with Crippen LogP contribution in [0.1, 0.15) is 5.82 Å². The van der Waals surface area contributed by atoms with Gasteiger partial charge in [-0.15, -0.1) is 6.58 Å². The lowest BCUT2D eigenvalue weighted by Gasteiger charge is -2.14. The Labute approximate surface area is 77.2 Å². The van der Waals surface area contributed by atoms with Crippen LogP contribution in [0.2, 0.25) is 0 Å². The van der Waals surface area contributed by atoms with E-state index in [-0.39, 0.29) is 5.82 Å². The molecule has 1 heterocycles. The minimum Gasteiger partial charge on any atom is -0.356 e. The predicted molar refractivity (Wildman–Crippen MR) is 50.2 cm³/mol. The molecule has 0 bridgehead atoms. The highest BCUT2D eigenvalue weighted by molar-refractivity contribution is 5.38. The molecule has 1 aromatic heterocycles. The molecule has 0 radical (unpaired) electrons. The molecule has 0 aliphatic heterocycles. The van der Waals surface area contributed by atoms with Crippen molar-refractivity contribution in [3.63, 3.8) is 0 Å². The number of nitrogens with zero attached hydrogens (tertiary/aromatic N) is 4. The lowest BCUT2D eigenvalue weighted by molar-refractivity contribution is 0.965. The largest absolute Gasteiger partial charge is 0.356 e. The Hall–Kier alpha value is -1.89. The van der Waals surface area contributed by atoms with Gasteiger partial charge in [-0.05, 0) is 6.07 Å². The van der Waals surface area contributed by atoms with E-state index in [2.05, 4.69) is 16.5 Å². The molecule has 0 unspecified atom stereocenters. The average Bonchev–Trinajstić information content (AvgIpc) is 2.18. The van der Waals surface area contributed by atoms with Crippen LogP contribution in [0.5, 0.6) is 0 Å².